The van der Waals surface area contributed by atoms with E-state index in [1.165, 1.54) is 0 Å². The third-order valence-corrected chi connectivity index (χ3v) is 2.49. The average molecular weight is 198 g/mol. The SMILES string of the molecule is CCCCC(C)C(=O)CCCC(C)=O. The van der Waals surface area contributed by atoms with Crippen molar-refractivity contribution < 1.29 is 9.59 Å². The summed E-state index contributed by atoms with van der Waals surface area (Å²) in [5, 5.41) is 0. The van der Waals surface area contributed by atoms with Gasteiger partial charge in [-0.05, 0) is 19.8 Å². The number of hydrogen-bond donors (Lipinski definition) is 0. The summed E-state index contributed by atoms with van der Waals surface area (Å²) < 4.78 is 0. The Bertz CT molecular complexity index is 185. The van der Waals surface area contributed by atoms with Gasteiger partial charge in [-0.3, -0.25) is 4.79 Å². The van der Waals surface area contributed by atoms with Gasteiger partial charge in [-0.2, -0.15) is 0 Å². The third kappa shape index (κ3) is 6.81. The number of ketones is 2. The highest BCUT2D eigenvalue weighted by atomic mass is 16.1. The van der Waals surface area contributed by atoms with Gasteiger partial charge in [0.05, 0.1) is 0 Å². The lowest BCUT2D eigenvalue weighted by atomic mass is 9.96. The van der Waals surface area contributed by atoms with Gasteiger partial charge in [0.1, 0.15) is 11.6 Å². The van der Waals surface area contributed by atoms with E-state index in [0.717, 1.165) is 25.7 Å². The Morgan fingerprint density at radius 2 is 1.79 bits per heavy atom. The highest BCUT2D eigenvalue weighted by Crippen LogP contribution is 2.12. The molecule has 14 heavy (non-hydrogen) atoms. The number of carbonyl (C=O) groups excluding carboxylic acids is 2. The smallest absolute Gasteiger partial charge is 0.135 e. The molecule has 0 aromatic carbocycles. The second-order valence-corrected chi connectivity index (χ2v) is 4.07. The Kier molecular flexibility index (Phi) is 7.35. The van der Waals surface area contributed by atoms with Gasteiger partial charge in [0.2, 0.25) is 0 Å². The second kappa shape index (κ2) is 7.72. The molecule has 0 amide bonds. The molecule has 0 aromatic rings. The van der Waals surface area contributed by atoms with E-state index in [-0.39, 0.29) is 11.7 Å². The minimum absolute atomic E-state index is 0.180. The predicted molar refractivity (Wildman–Crippen MR) is 58.2 cm³/mol. The summed E-state index contributed by atoms with van der Waals surface area (Å²) >= 11 is 0. The molecule has 0 saturated heterocycles. The largest absolute Gasteiger partial charge is 0.300 e. The van der Waals surface area contributed by atoms with Crippen molar-refractivity contribution >= 4 is 11.6 Å². The monoisotopic (exact) mass is 198 g/mol. The van der Waals surface area contributed by atoms with E-state index in [4.69, 9.17) is 0 Å². The lowest BCUT2D eigenvalue weighted by molar-refractivity contribution is -0.122. The van der Waals surface area contributed by atoms with Crippen LogP contribution in [0, 0.1) is 5.92 Å². The topological polar surface area (TPSA) is 34.1 Å². The maximum atomic E-state index is 11.5. The van der Waals surface area contributed by atoms with Gasteiger partial charge in [-0.1, -0.05) is 26.7 Å². The van der Waals surface area contributed by atoms with E-state index < -0.39 is 0 Å². The van der Waals surface area contributed by atoms with Crippen LogP contribution in [0.25, 0.3) is 0 Å². The number of unbranched alkanes of at least 4 members (excludes halogenated alkanes) is 1. The van der Waals surface area contributed by atoms with Gasteiger partial charge < -0.3 is 4.79 Å². The van der Waals surface area contributed by atoms with Gasteiger partial charge in [0.15, 0.2) is 0 Å². The van der Waals surface area contributed by atoms with Crippen LogP contribution in [-0.4, -0.2) is 11.6 Å². The van der Waals surface area contributed by atoms with Crippen molar-refractivity contribution in [2.24, 2.45) is 5.92 Å². The Morgan fingerprint density at radius 3 is 2.29 bits per heavy atom. The maximum absolute atomic E-state index is 11.5. The van der Waals surface area contributed by atoms with Gasteiger partial charge in [-0.15, -0.1) is 0 Å². The summed E-state index contributed by atoms with van der Waals surface area (Å²) in [4.78, 5) is 22.2. The minimum Gasteiger partial charge on any atom is -0.300 e. The lowest BCUT2D eigenvalue weighted by Gasteiger charge is -2.08. The van der Waals surface area contributed by atoms with Crippen molar-refractivity contribution in [3.63, 3.8) is 0 Å². The number of Topliss-reactive ketones (excluding diaryl/α,β-unsaturated/α-hetero) is 2. The van der Waals surface area contributed by atoms with Crippen LogP contribution in [0.3, 0.4) is 0 Å². The first-order chi connectivity index (χ1) is 6.57. The molecule has 0 fully saturated rings. The van der Waals surface area contributed by atoms with E-state index in [1.807, 2.05) is 6.92 Å². The van der Waals surface area contributed by atoms with Crippen LogP contribution in [0.4, 0.5) is 0 Å². The van der Waals surface area contributed by atoms with Gasteiger partial charge in [0, 0.05) is 18.8 Å². The molecule has 0 aliphatic rings. The van der Waals surface area contributed by atoms with Crippen LogP contribution >= 0.6 is 0 Å². The molecule has 82 valence electrons. The summed E-state index contributed by atoms with van der Waals surface area (Å²) in [6.07, 6.45) is 5.11. The Labute approximate surface area is 87.1 Å². The fraction of sp³-hybridized carbons (Fsp3) is 0.833. The van der Waals surface area contributed by atoms with Crippen LogP contribution in [0.2, 0.25) is 0 Å². The van der Waals surface area contributed by atoms with Crippen LogP contribution in [0.1, 0.15) is 59.3 Å². The van der Waals surface area contributed by atoms with Crippen molar-refractivity contribution in [1.82, 2.24) is 0 Å². The molecule has 0 spiro atoms. The minimum atomic E-state index is 0.180. The zero-order valence-electron chi connectivity index (χ0n) is 9.64. The quantitative estimate of drug-likeness (QED) is 0.600. The molecule has 2 nitrogen and oxygen atoms in total. The first-order valence-electron chi connectivity index (χ1n) is 5.60. The molecule has 2 heteroatoms. The Balaban J connectivity index is 3.56. The number of carbonyl (C=O) groups is 2. The van der Waals surface area contributed by atoms with E-state index in [2.05, 4.69) is 6.92 Å². The zero-order valence-corrected chi connectivity index (χ0v) is 9.64. The van der Waals surface area contributed by atoms with E-state index in [0.29, 0.717) is 18.6 Å². The molecule has 0 N–H and O–H groups in total. The van der Waals surface area contributed by atoms with Crippen LogP contribution < -0.4 is 0 Å². The van der Waals surface area contributed by atoms with Crippen molar-refractivity contribution in [3.05, 3.63) is 0 Å². The summed E-state index contributed by atoms with van der Waals surface area (Å²) in [5.41, 5.74) is 0. The van der Waals surface area contributed by atoms with Crippen molar-refractivity contribution in [3.8, 4) is 0 Å². The van der Waals surface area contributed by atoms with Gasteiger partial charge >= 0.3 is 0 Å². The van der Waals surface area contributed by atoms with Gasteiger partial charge in [-0.25, -0.2) is 0 Å². The van der Waals surface area contributed by atoms with Crippen molar-refractivity contribution in [1.29, 1.82) is 0 Å². The molecule has 0 aliphatic carbocycles. The molecule has 1 unspecified atom stereocenters. The van der Waals surface area contributed by atoms with Crippen molar-refractivity contribution in [2.75, 3.05) is 0 Å². The molecule has 0 rings (SSSR count). The molecule has 0 radical (unpaired) electrons. The summed E-state index contributed by atoms with van der Waals surface area (Å²) in [6, 6.07) is 0. The van der Waals surface area contributed by atoms with Gasteiger partial charge in [0.25, 0.3) is 0 Å². The fourth-order valence-electron chi connectivity index (χ4n) is 1.43. The molecule has 1 atom stereocenters. The highest BCUT2D eigenvalue weighted by molar-refractivity contribution is 5.81. The molecule has 0 aromatic heterocycles. The lowest BCUT2D eigenvalue weighted by Crippen LogP contribution is -2.11. The second-order valence-electron chi connectivity index (χ2n) is 4.07. The molecule has 0 heterocycles. The van der Waals surface area contributed by atoms with E-state index >= 15 is 0 Å². The summed E-state index contributed by atoms with van der Waals surface area (Å²) in [5.74, 6) is 0.681. The van der Waals surface area contributed by atoms with Crippen LogP contribution in [-0.2, 0) is 9.59 Å². The normalized spacial score (nSPS) is 12.5. The maximum Gasteiger partial charge on any atom is 0.135 e. The van der Waals surface area contributed by atoms with Crippen LogP contribution in [0.5, 0.6) is 0 Å². The third-order valence-electron chi connectivity index (χ3n) is 2.49. The predicted octanol–water partition coefficient (Wildman–Crippen LogP) is 3.14. The Hall–Kier alpha value is -0.660. The van der Waals surface area contributed by atoms with E-state index in [1.54, 1.807) is 6.92 Å². The Morgan fingerprint density at radius 1 is 1.14 bits per heavy atom. The molecule has 0 aliphatic heterocycles. The highest BCUT2D eigenvalue weighted by Gasteiger charge is 2.11. The number of hydrogen-bond acceptors (Lipinski definition) is 2. The standard InChI is InChI=1S/C12H22O2/c1-4-5-7-10(2)12(14)9-6-8-11(3)13/h10H,4-9H2,1-3H3. The average Bonchev–Trinajstić information content (AvgIpc) is 2.13. The van der Waals surface area contributed by atoms with Crippen molar-refractivity contribution in [2.45, 2.75) is 59.3 Å². The van der Waals surface area contributed by atoms with Crippen LogP contribution in [0.15, 0.2) is 0 Å². The number of rotatable bonds is 8. The molecular formula is C12H22O2. The fourth-order valence-corrected chi connectivity index (χ4v) is 1.43. The summed E-state index contributed by atoms with van der Waals surface area (Å²) in [7, 11) is 0. The molecular weight excluding hydrogens is 176 g/mol. The summed E-state index contributed by atoms with van der Waals surface area (Å²) in [6.45, 7) is 5.70. The van der Waals surface area contributed by atoms with E-state index in [9.17, 15) is 9.59 Å². The molecule has 0 bridgehead atoms. The first kappa shape index (κ1) is 13.3. The first-order valence-corrected chi connectivity index (χ1v) is 5.60. The molecule has 0 saturated carbocycles. The zero-order chi connectivity index (χ0) is 11.0.